The Morgan fingerprint density at radius 3 is 2.71 bits per heavy atom. The minimum Gasteiger partial charge on any atom is -0.506 e. The highest BCUT2D eigenvalue weighted by atomic mass is 35.5. The molecule has 5 rings (SSSR count). The van der Waals surface area contributed by atoms with Crippen LogP contribution in [0.25, 0.3) is 0 Å². The molecule has 0 radical (unpaired) electrons. The van der Waals surface area contributed by atoms with Crippen molar-refractivity contribution in [2.24, 2.45) is 5.41 Å². The van der Waals surface area contributed by atoms with Gasteiger partial charge in [0.1, 0.15) is 5.75 Å². The Kier molecular flexibility index (Phi) is 4.35. The zero-order valence-electron chi connectivity index (χ0n) is 16.1. The topological polar surface area (TPSA) is 44.3 Å². The van der Waals surface area contributed by atoms with E-state index in [0.717, 1.165) is 30.8 Å². The second-order valence-electron chi connectivity index (χ2n) is 8.95. The standard InChI is InChI=1S/C23H26Cl2N2O/c1-22-6-2-3-7-23(22)8-9-26-21(22)11-14-10-19(20(28)13-16(14)23)27-15-4-5-17(24)18(25)12-15/h4-5,10,12-13,21,26-28H,2-3,6-9,11H2,1H3/t21-,22+,23+/m0/s1. The summed E-state index contributed by atoms with van der Waals surface area (Å²) in [5.74, 6) is 0.309. The van der Waals surface area contributed by atoms with Crippen LogP contribution in [0.1, 0.15) is 50.2 Å². The maximum Gasteiger partial charge on any atom is 0.139 e. The summed E-state index contributed by atoms with van der Waals surface area (Å²) in [6.07, 6.45) is 7.28. The Labute approximate surface area is 176 Å². The molecule has 3 nitrogen and oxygen atoms in total. The number of anilines is 2. The molecule has 5 heteroatoms. The molecule has 0 unspecified atom stereocenters. The smallest absolute Gasteiger partial charge is 0.139 e. The van der Waals surface area contributed by atoms with Gasteiger partial charge in [0.25, 0.3) is 0 Å². The van der Waals surface area contributed by atoms with Gasteiger partial charge in [-0.3, -0.25) is 0 Å². The van der Waals surface area contributed by atoms with Gasteiger partial charge >= 0.3 is 0 Å². The van der Waals surface area contributed by atoms with Crippen LogP contribution >= 0.6 is 23.2 Å². The van der Waals surface area contributed by atoms with Crippen molar-refractivity contribution in [2.45, 2.75) is 56.9 Å². The maximum absolute atomic E-state index is 10.9. The number of hydrogen-bond acceptors (Lipinski definition) is 3. The van der Waals surface area contributed by atoms with Crippen molar-refractivity contribution in [1.82, 2.24) is 5.32 Å². The van der Waals surface area contributed by atoms with Gasteiger partial charge in [-0.2, -0.15) is 0 Å². The van der Waals surface area contributed by atoms with E-state index in [1.165, 1.54) is 36.8 Å². The summed E-state index contributed by atoms with van der Waals surface area (Å²) in [5, 5.41) is 19.0. The summed E-state index contributed by atoms with van der Waals surface area (Å²) in [6, 6.07) is 10.1. The summed E-state index contributed by atoms with van der Waals surface area (Å²) >= 11 is 12.2. The highest BCUT2D eigenvalue weighted by molar-refractivity contribution is 6.42. The Bertz CT molecular complexity index is 942. The van der Waals surface area contributed by atoms with Gasteiger partial charge in [-0.05, 0) is 79.1 Å². The van der Waals surface area contributed by atoms with Gasteiger partial charge in [-0.25, -0.2) is 0 Å². The second-order valence-corrected chi connectivity index (χ2v) is 9.76. The van der Waals surface area contributed by atoms with Gasteiger partial charge < -0.3 is 15.7 Å². The number of fused-ring (bicyclic) bond motifs is 1. The summed E-state index contributed by atoms with van der Waals surface area (Å²) < 4.78 is 0. The van der Waals surface area contributed by atoms with E-state index < -0.39 is 0 Å². The number of nitrogens with one attached hydrogen (secondary N) is 2. The van der Waals surface area contributed by atoms with E-state index in [-0.39, 0.29) is 10.8 Å². The number of benzene rings is 2. The van der Waals surface area contributed by atoms with Crippen molar-refractivity contribution in [2.75, 3.05) is 11.9 Å². The van der Waals surface area contributed by atoms with Gasteiger partial charge in [0.05, 0.1) is 15.7 Å². The molecular weight excluding hydrogens is 391 g/mol. The predicted molar refractivity (Wildman–Crippen MR) is 116 cm³/mol. The average Bonchev–Trinajstić information content (AvgIpc) is 2.66. The number of hydrogen-bond donors (Lipinski definition) is 3. The molecule has 2 aromatic carbocycles. The van der Waals surface area contributed by atoms with Gasteiger partial charge in [-0.1, -0.05) is 43.0 Å². The van der Waals surface area contributed by atoms with Crippen molar-refractivity contribution in [1.29, 1.82) is 0 Å². The quantitative estimate of drug-likeness (QED) is 0.512. The third-order valence-electron chi connectivity index (χ3n) is 7.71. The number of halogens is 2. The molecule has 1 saturated carbocycles. The predicted octanol–water partition coefficient (Wildman–Crippen LogP) is 6.18. The number of piperidine rings is 1. The fourth-order valence-electron chi connectivity index (χ4n) is 6.22. The molecule has 0 spiro atoms. The van der Waals surface area contributed by atoms with Crippen LogP contribution in [0.3, 0.4) is 0 Å². The first-order chi connectivity index (χ1) is 13.4. The Balaban J connectivity index is 1.57. The molecule has 1 aliphatic heterocycles. The summed E-state index contributed by atoms with van der Waals surface area (Å²) in [5.41, 5.74) is 4.75. The fraction of sp³-hybridized carbons (Fsp3) is 0.478. The molecule has 2 aromatic rings. The zero-order chi connectivity index (χ0) is 19.5. The first-order valence-electron chi connectivity index (χ1n) is 10.2. The van der Waals surface area contributed by atoms with Crippen LogP contribution in [0.2, 0.25) is 10.0 Å². The monoisotopic (exact) mass is 416 g/mol. The lowest BCUT2D eigenvalue weighted by Crippen LogP contribution is -2.65. The Morgan fingerprint density at radius 1 is 1.07 bits per heavy atom. The summed E-state index contributed by atoms with van der Waals surface area (Å²) in [6.45, 7) is 3.55. The average molecular weight is 417 g/mol. The Morgan fingerprint density at radius 2 is 1.89 bits per heavy atom. The molecular formula is C23H26Cl2N2O. The van der Waals surface area contributed by atoms with E-state index in [0.29, 0.717) is 21.8 Å². The molecule has 1 saturated heterocycles. The summed E-state index contributed by atoms with van der Waals surface area (Å²) in [4.78, 5) is 0. The van der Waals surface area contributed by atoms with Crippen molar-refractivity contribution in [3.8, 4) is 5.75 Å². The first-order valence-corrected chi connectivity index (χ1v) is 11.0. The lowest BCUT2D eigenvalue weighted by molar-refractivity contribution is -0.0141. The van der Waals surface area contributed by atoms with E-state index in [4.69, 9.17) is 23.2 Å². The molecule has 2 bridgehead atoms. The van der Waals surface area contributed by atoms with Crippen LogP contribution < -0.4 is 10.6 Å². The van der Waals surface area contributed by atoms with Crippen LogP contribution in [0.5, 0.6) is 5.75 Å². The highest BCUT2D eigenvalue weighted by Gasteiger charge is 2.59. The first kappa shape index (κ1) is 18.6. The third kappa shape index (κ3) is 2.59. The molecule has 0 amide bonds. The molecule has 3 atom stereocenters. The SMILES string of the molecule is C[C@]12CCCC[C@]13CCN[C@H]2Cc1cc(Nc2ccc(Cl)c(Cl)c2)c(O)cc13. The maximum atomic E-state index is 10.9. The van der Waals surface area contributed by atoms with Crippen molar-refractivity contribution >= 4 is 34.6 Å². The third-order valence-corrected chi connectivity index (χ3v) is 8.45. The van der Waals surface area contributed by atoms with Crippen LogP contribution in [-0.2, 0) is 11.8 Å². The normalized spacial score (nSPS) is 31.0. The van der Waals surface area contributed by atoms with E-state index in [1.54, 1.807) is 12.1 Å². The van der Waals surface area contributed by atoms with Crippen LogP contribution in [-0.4, -0.2) is 17.7 Å². The van der Waals surface area contributed by atoms with E-state index in [9.17, 15) is 5.11 Å². The highest BCUT2D eigenvalue weighted by Crippen LogP contribution is 2.61. The van der Waals surface area contributed by atoms with Crippen molar-refractivity contribution in [3.05, 3.63) is 51.5 Å². The molecule has 3 aliphatic rings. The van der Waals surface area contributed by atoms with Crippen LogP contribution in [0.4, 0.5) is 11.4 Å². The van der Waals surface area contributed by atoms with E-state index >= 15 is 0 Å². The largest absolute Gasteiger partial charge is 0.506 e. The van der Waals surface area contributed by atoms with Gasteiger partial charge in [0, 0.05) is 17.1 Å². The van der Waals surface area contributed by atoms with Crippen LogP contribution in [0, 0.1) is 5.41 Å². The molecule has 2 fully saturated rings. The second kappa shape index (κ2) is 6.55. The van der Waals surface area contributed by atoms with Crippen LogP contribution in [0.15, 0.2) is 30.3 Å². The lowest BCUT2D eigenvalue weighted by Gasteiger charge is -2.63. The number of aromatic hydroxyl groups is 1. The lowest BCUT2D eigenvalue weighted by atomic mass is 9.45. The van der Waals surface area contributed by atoms with Crippen molar-refractivity contribution in [3.63, 3.8) is 0 Å². The number of phenols is 1. The minimum absolute atomic E-state index is 0.189. The van der Waals surface area contributed by atoms with E-state index in [2.05, 4.69) is 23.6 Å². The van der Waals surface area contributed by atoms with E-state index in [1.807, 2.05) is 12.1 Å². The zero-order valence-corrected chi connectivity index (χ0v) is 17.6. The molecule has 28 heavy (non-hydrogen) atoms. The van der Waals surface area contributed by atoms with Gasteiger partial charge in [0.15, 0.2) is 0 Å². The fourth-order valence-corrected chi connectivity index (χ4v) is 6.52. The minimum atomic E-state index is 0.189. The van der Waals surface area contributed by atoms with Gasteiger partial charge in [-0.15, -0.1) is 0 Å². The molecule has 0 aromatic heterocycles. The van der Waals surface area contributed by atoms with Crippen molar-refractivity contribution < 1.29 is 5.11 Å². The van der Waals surface area contributed by atoms with Gasteiger partial charge in [0.2, 0.25) is 0 Å². The summed E-state index contributed by atoms with van der Waals surface area (Å²) in [7, 11) is 0. The molecule has 148 valence electrons. The molecule has 3 N–H and O–H groups in total. The molecule has 1 heterocycles. The Hall–Kier alpha value is -1.42. The number of rotatable bonds is 2. The molecule has 2 aliphatic carbocycles. The number of phenolic OH excluding ortho intramolecular Hbond substituents is 1.